The lowest BCUT2D eigenvalue weighted by molar-refractivity contribution is 0.193. The Labute approximate surface area is 62.0 Å². The van der Waals surface area contributed by atoms with E-state index in [1.807, 2.05) is 0 Å². The Balaban J connectivity index is 2.00. The molecule has 1 heteroatoms. The fraction of sp³-hybridized carbons (Fsp3) is 0.889. The molecule has 2 atom stereocenters. The maximum Gasteiger partial charge on any atom is 0.0661 e. The van der Waals surface area contributed by atoms with Crippen molar-refractivity contribution in [3.63, 3.8) is 0 Å². The first-order chi connectivity index (χ1) is 4.77. The minimum absolute atomic E-state index is 0.401. The van der Waals surface area contributed by atoms with E-state index >= 15 is 0 Å². The second-order valence-electron chi connectivity index (χ2n) is 4.02. The Morgan fingerprint density at radius 3 is 2.50 bits per heavy atom. The third-order valence-electron chi connectivity index (χ3n) is 3.47. The van der Waals surface area contributed by atoms with E-state index in [4.69, 9.17) is 5.26 Å². The molecule has 2 rings (SSSR count). The van der Waals surface area contributed by atoms with Gasteiger partial charge in [-0.2, -0.15) is 5.26 Å². The average molecular weight is 135 g/mol. The van der Waals surface area contributed by atoms with Gasteiger partial charge in [0, 0.05) is 0 Å². The second kappa shape index (κ2) is 1.75. The van der Waals surface area contributed by atoms with Gasteiger partial charge in [-0.25, -0.2) is 0 Å². The number of nitriles is 1. The fourth-order valence-electron chi connectivity index (χ4n) is 2.09. The molecule has 0 spiro atoms. The van der Waals surface area contributed by atoms with E-state index < -0.39 is 0 Å². The lowest BCUT2D eigenvalue weighted by Gasteiger charge is -2.31. The normalized spacial score (nSPS) is 45.8. The van der Waals surface area contributed by atoms with E-state index in [0.717, 1.165) is 5.92 Å². The van der Waals surface area contributed by atoms with Crippen LogP contribution in [0.15, 0.2) is 0 Å². The van der Waals surface area contributed by atoms with Gasteiger partial charge < -0.3 is 0 Å². The van der Waals surface area contributed by atoms with Crippen molar-refractivity contribution in [2.45, 2.75) is 32.6 Å². The quantitative estimate of drug-likeness (QED) is 0.541. The van der Waals surface area contributed by atoms with Crippen LogP contribution in [0.2, 0.25) is 0 Å². The highest BCUT2D eigenvalue weighted by Gasteiger charge is 2.56. The molecule has 0 aliphatic heterocycles. The summed E-state index contributed by atoms with van der Waals surface area (Å²) >= 11 is 0. The van der Waals surface area contributed by atoms with Crippen LogP contribution in [0.25, 0.3) is 0 Å². The lowest BCUT2D eigenvalue weighted by Crippen LogP contribution is -2.22. The minimum Gasteiger partial charge on any atom is -0.198 e. The molecule has 0 aromatic carbocycles. The number of rotatable bonds is 1. The highest BCUT2D eigenvalue weighted by atomic mass is 14.6. The summed E-state index contributed by atoms with van der Waals surface area (Å²) in [6, 6.07) is 2.38. The van der Waals surface area contributed by atoms with Gasteiger partial charge in [-0.15, -0.1) is 0 Å². The molecule has 0 aromatic rings. The van der Waals surface area contributed by atoms with E-state index in [1.165, 1.54) is 25.7 Å². The molecule has 54 valence electrons. The zero-order chi connectivity index (χ0) is 7.19. The van der Waals surface area contributed by atoms with Crippen LogP contribution in [-0.2, 0) is 0 Å². The third-order valence-corrected chi connectivity index (χ3v) is 3.47. The molecule has 0 saturated heterocycles. The van der Waals surface area contributed by atoms with Crippen LogP contribution in [0.4, 0.5) is 0 Å². The van der Waals surface area contributed by atoms with Gasteiger partial charge in [-0.05, 0) is 30.6 Å². The summed E-state index contributed by atoms with van der Waals surface area (Å²) in [4.78, 5) is 0. The molecule has 2 fully saturated rings. The molecule has 2 saturated carbocycles. The first kappa shape index (κ1) is 6.22. The smallest absolute Gasteiger partial charge is 0.0661 e. The van der Waals surface area contributed by atoms with Crippen LogP contribution in [-0.4, -0.2) is 0 Å². The van der Waals surface area contributed by atoms with Crippen LogP contribution in [0.1, 0.15) is 32.6 Å². The highest BCUT2D eigenvalue weighted by molar-refractivity contribution is 5.13. The van der Waals surface area contributed by atoms with Gasteiger partial charge in [0.2, 0.25) is 0 Å². The van der Waals surface area contributed by atoms with Crippen molar-refractivity contribution >= 4 is 0 Å². The van der Waals surface area contributed by atoms with E-state index in [1.54, 1.807) is 0 Å². The summed E-state index contributed by atoms with van der Waals surface area (Å²) in [5.74, 6) is 1.30. The largest absolute Gasteiger partial charge is 0.198 e. The van der Waals surface area contributed by atoms with Crippen molar-refractivity contribution in [1.82, 2.24) is 0 Å². The van der Waals surface area contributed by atoms with Crippen LogP contribution in [0.5, 0.6) is 0 Å². The van der Waals surface area contributed by atoms with Crippen LogP contribution in [0.3, 0.4) is 0 Å². The zero-order valence-corrected chi connectivity index (χ0v) is 6.43. The SMILES string of the molecule is CC1(C2CCC2)CC1C#N. The summed E-state index contributed by atoms with van der Waals surface area (Å²) in [5.41, 5.74) is 0.451. The first-order valence-electron chi connectivity index (χ1n) is 4.17. The number of hydrogen-bond acceptors (Lipinski definition) is 1. The molecule has 10 heavy (non-hydrogen) atoms. The van der Waals surface area contributed by atoms with E-state index in [2.05, 4.69) is 13.0 Å². The van der Waals surface area contributed by atoms with E-state index in [9.17, 15) is 0 Å². The first-order valence-corrected chi connectivity index (χ1v) is 4.17. The second-order valence-corrected chi connectivity index (χ2v) is 4.02. The summed E-state index contributed by atoms with van der Waals surface area (Å²) in [6.45, 7) is 2.28. The van der Waals surface area contributed by atoms with Gasteiger partial charge in [0.05, 0.1) is 12.0 Å². The van der Waals surface area contributed by atoms with Crippen molar-refractivity contribution in [2.75, 3.05) is 0 Å². The van der Waals surface area contributed by atoms with Crippen molar-refractivity contribution in [2.24, 2.45) is 17.3 Å². The fourth-order valence-corrected chi connectivity index (χ4v) is 2.09. The molecule has 0 aromatic heterocycles. The van der Waals surface area contributed by atoms with E-state index in [0.29, 0.717) is 11.3 Å². The molecule has 0 radical (unpaired) electrons. The van der Waals surface area contributed by atoms with Crippen molar-refractivity contribution in [3.8, 4) is 6.07 Å². The summed E-state index contributed by atoms with van der Waals surface area (Å²) < 4.78 is 0. The van der Waals surface area contributed by atoms with E-state index in [-0.39, 0.29) is 0 Å². The van der Waals surface area contributed by atoms with Crippen LogP contribution < -0.4 is 0 Å². The summed E-state index contributed by atoms with van der Waals surface area (Å²) in [7, 11) is 0. The molecule has 0 heterocycles. The van der Waals surface area contributed by atoms with Crippen LogP contribution >= 0.6 is 0 Å². The molecular formula is C9H13N. The Morgan fingerprint density at radius 1 is 1.50 bits per heavy atom. The number of hydrogen-bond donors (Lipinski definition) is 0. The highest BCUT2D eigenvalue weighted by Crippen LogP contribution is 2.62. The van der Waals surface area contributed by atoms with Gasteiger partial charge in [0.25, 0.3) is 0 Å². The minimum atomic E-state index is 0.401. The monoisotopic (exact) mass is 135 g/mol. The molecule has 2 unspecified atom stereocenters. The molecular weight excluding hydrogens is 122 g/mol. The Bertz CT molecular complexity index is 187. The average Bonchev–Trinajstić information content (AvgIpc) is 2.37. The zero-order valence-electron chi connectivity index (χ0n) is 6.43. The standard InChI is InChI=1S/C9H13N/c1-9(5-8(9)6-10)7-3-2-4-7/h7-8H,2-5H2,1H3. The van der Waals surface area contributed by atoms with Crippen molar-refractivity contribution in [3.05, 3.63) is 0 Å². The molecule has 0 bridgehead atoms. The van der Waals surface area contributed by atoms with Gasteiger partial charge in [-0.1, -0.05) is 13.3 Å². The van der Waals surface area contributed by atoms with Gasteiger partial charge >= 0.3 is 0 Å². The summed E-state index contributed by atoms with van der Waals surface area (Å²) in [5, 5.41) is 8.66. The number of nitrogens with zero attached hydrogens (tertiary/aromatic N) is 1. The maximum absolute atomic E-state index is 8.66. The Morgan fingerprint density at radius 2 is 2.20 bits per heavy atom. The molecule has 2 aliphatic carbocycles. The van der Waals surface area contributed by atoms with Gasteiger partial charge in [-0.3, -0.25) is 0 Å². The summed E-state index contributed by atoms with van der Waals surface area (Å²) in [6.07, 6.45) is 5.34. The molecule has 1 nitrogen and oxygen atoms in total. The van der Waals surface area contributed by atoms with Crippen molar-refractivity contribution < 1.29 is 0 Å². The van der Waals surface area contributed by atoms with Gasteiger partial charge in [0.1, 0.15) is 0 Å². The third kappa shape index (κ3) is 0.624. The molecule has 0 amide bonds. The predicted octanol–water partition coefficient (Wildman–Crippen LogP) is 2.34. The maximum atomic E-state index is 8.66. The molecule has 2 aliphatic rings. The Hall–Kier alpha value is -0.510. The Kier molecular flexibility index (Phi) is 1.09. The predicted molar refractivity (Wildman–Crippen MR) is 39.2 cm³/mol. The van der Waals surface area contributed by atoms with Crippen LogP contribution in [0, 0.1) is 28.6 Å². The topological polar surface area (TPSA) is 23.8 Å². The van der Waals surface area contributed by atoms with Gasteiger partial charge in [0.15, 0.2) is 0 Å². The molecule has 0 N–H and O–H groups in total. The lowest BCUT2D eigenvalue weighted by atomic mass is 9.73. The van der Waals surface area contributed by atoms with Crippen molar-refractivity contribution in [1.29, 1.82) is 5.26 Å².